The lowest BCUT2D eigenvalue weighted by molar-refractivity contribution is -0.135. The van der Waals surface area contributed by atoms with Crippen molar-refractivity contribution in [2.45, 2.75) is 13.3 Å². The SMILES string of the molecule is CCc1cc(N(C)C(=O)C(N)=O)ccc1OC. The average molecular weight is 236 g/mol. The van der Waals surface area contributed by atoms with Gasteiger partial charge >= 0.3 is 11.8 Å². The second kappa shape index (κ2) is 5.34. The molecule has 0 heterocycles. The van der Waals surface area contributed by atoms with Crippen molar-refractivity contribution in [3.63, 3.8) is 0 Å². The van der Waals surface area contributed by atoms with Crippen molar-refractivity contribution in [1.29, 1.82) is 0 Å². The Labute approximate surface area is 100 Å². The second-order valence-electron chi connectivity index (χ2n) is 3.58. The molecule has 1 aromatic carbocycles. The molecule has 17 heavy (non-hydrogen) atoms. The number of nitrogens with two attached hydrogens (primary N) is 1. The summed E-state index contributed by atoms with van der Waals surface area (Å²) in [4.78, 5) is 23.4. The molecule has 0 unspecified atom stereocenters. The van der Waals surface area contributed by atoms with Crippen LogP contribution in [0, 0.1) is 0 Å². The van der Waals surface area contributed by atoms with Crippen molar-refractivity contribution >= 4 is 17.5 Å². The lowest BCUT2D eigenvalue weighted by Gasteiger charge is -2.17. The zero-order valence-corrected chi connectivity index (χ0v) is 10.2. The molecule has 5 heteroatoms. The summed E-state index contributed by atoms with van der Waals surface area (Å²) >= 11 is 0. The first-order valence-corrected chi connectivity index (χ1v) is 5.25. The minimum Gasteiger partial charge on any atom is -0.496 e. The molecule has 0 aromatic heterocycles. The van der Waals surface area contributed by atoms with Crippen molar-refractivity contribution in [1.82, 2.24) is 0 Å². The third-order valence-electron chi connectivity index (χ3n) is 2.55. The van der Waals surface area contributed by atoms with Gasteiger partial charge in [0.25, 0.3) is 0 Å². The number of carbonyl (C=O) groups is 2. The maximum atomic E-state index is 11.4. The van der Waals surface area contributed by atoms with Gasteiger partial charge in [-0.15, -0.1) is 0 Å². The Morgan fingerprint density at radius 1 is 1.41 bits per heavy atom. The molecule has 0 saturated heterocycles. The molecule has 1 rings (SSSR count). The third kappa shape index (κ3) is 2.75. The Morgan fingerprint density at radius 3 is 2.53 bits per heavy atom. The number of ether oxygens (including phenoxy) is 1. The summed E-state index contributed by atoms with van der Waals surface area (Å²) in [6.07, 6.45) is 0.773. The molecular formula is C12H16N2O3. The zero-order chi connectivity index (χ0) is 13.0. The number of nitrogens with zero attached hydrogens (tertiary/aromatic N) is 1. The highest BCUT2D eigenvalue weighted by Gasteiger charge is 2.17. The molecule has 0 spiro atoms. The van der Waals surface area contributed by atoms with Crippen LogP contribution in [0.25, 0.3) is 0 Å². The van der Waals surface area contributed by atoms with E-state index < -0.39 is 11.8 Å². The van der Waals surface area contributed by atoms with Crippen molar-refractivity contribution in [2.75, 3.05) is 19.1 Å². The quantitative estimate of drug-likeness (QED) is 0.785. The molecule has 0 aliphatic carbocycles. The number of benzene rings is 1. The first-order valence-electron chi connectivity index (χ1n) is 5.25. The van der Waals surface area contributed by atoms with Gasteiger partial charge in [0.05, 0.1) is 7.11 Å². The van der Waals surface area contributed by atoms with E-state index in [0.717, 1.165) is 17.7 Å². The molecule has 2 N–H and O–H groups in total. The van der Waals surface area contributed by atoms with Crippen molar-refractivity contribution in [3.8, 4) is 5.75 Å². The number of methoxy groups -OCH3 is 1. The smallest absolute Gasteiger partial charge is 0.315 e. The molecule has 2 amide bonds. The van der Waals surface area contributed by atoms with Gasteiger partial charge in [-0.05, 0) is 30.2 Å². The zero-order valence-electron chi connectivity index (χ0n) is 10.2. The molecule has 0 bridgehead atoms. The number of amides is 2. The van der Waals surface area contributed by atoms with Crippen LogP contribution in [0.4, 0.5) is 5.69 Å². The molecule has 1 aromatic rings. The van der Waals surface area contributed by atoms with Gasteiger partial charge in [0.1, 0.15) is 5.75 Å². The highest BCUT2D eigenvalue weighted by atomic mass is 16.5. The van der Waals surface area contributed by atoms with Gasteiger partial charge < -0.3 is 15.4 Å². The summed E-state index contributed by atoms with van der Waals surface area (Å²) in [6, 6.07) is 5.28. The number of aryl methyl sites for hydroxylation is 1. The largest absolute Gasteiger partial charge is 0.496 e. The molecule has 92 valence electrons. The fourth-order valence-electron chi connectivity index (χ4n) is 1.53. The van der Waals surface area contributed by atoms with E-state index in [1.165, 1.54) is 11.9 Å². The summed E-state index contributed by atoms with van der Waals surface area (Å²) in [5, 5.41) is 0. The second-order valence-corrected chi connectivity index (χ2v) is 3.58. The molecular weight excluding hydrogens is 220 g/mol. The first-order chi connectivity index (χ1) is 8.01. The van der Waals surface area contributed by atoms with E-state index in [0.29, 0.717) is 5.69 Å². The van der Waals surface area contributed by atoms with E-state index in [9.17, 15) is 9.59 Å². The van der Waals surface area contributed by atoms with Crippen LogP contribution >= 0.6 is 0 Å². The summed E-state index contributed by atoms with van der Waals surface area (Å²) in [6.45, 7) is 1.98. The number of likely N-dealkylation sites (N-methyl/N-ethyl adjacent to an activating group) is 1. The van der Waals surface area contributed by atoms with Crippen LogP contribution in [0.3, 0.4) is 0 Å². The van der Waals surface area contributed by atoms with E-state index in [2.05, 4.69) is 0 Å². The van der Waals surface area contributed by atoms with Gasteiger partial charge in [0.15, 0.2) is 0 Å². The van der Waals surface area contributed by atoms with Gasteiger partial charge in [-0.1, -0.05) is 6.92 Å². The molecule has 0 saturated carbocycles. The van der Waals surface area contributed by atoms with Gasteiger partial charge in [-0.2, -0.15) is 0 Å². The number of rotatable bonds is 3. The van der Waals surface area contributed by atoms with Gasteiger partial charge in [-0.3, -0.25) is 9.59 Å². The number of hydrogen-bond acceptors (Lipinski definition) is 3. The monoisotopic (exact) mass is 236 g/mol. The lowest BCUT2D eigenvalue weighted by Crippen LogP contribution is -2.37. The van der Waals surface area contributed by atoms with Crippen molar-refractivity contribution < 1.29 is 14.3 Å². The Morgan fingerprint density at radius 2 is 2.06 bits per heavy atom. The maximum Gasteiger partial charge on any atom is 0.315 e. The van der Waals surface area contributed by atoms with Crippen LogP contribution in [0.2, 0.25) is 0 Å². The van der Waals surface area contributed by atoms with E-state index in [-0.39, 0.29) is 0 Å². The summed E-state index contributed by atoms with van der Waals surface area (Å²) in [5.74, 6) is -0.949. The summed E-state index contributed by atoms with van der Waals surface area (Å²) < 4.78 is 5.18. The Kier molecular flexibility index (Phi) is 4.09. The molecule has 5 nitrogen and oxygen atoms in total. The predicted molar refractivity (Wildman–Crippen MR) is 65.0 cm³/mol. The van der Waals surface area contributed by atoms with E-state index >= 15 is 0 Å². The average Bonchev–Trinajstić information content (AvgIpc) is 2.35. The van der Waals surface area contributed by atoms with Gasteiger partial charge in [-0.25, -0.2) is 0 Å². The lowest BCUT2D eigenvalue weighted by atomic mass is 10.1. The van der Waals surface area contributed by atoms with Crippen molar-refractivity contribution in [3.05, 3.63) is 23.8 Å². The number of primary amides is 1. The molecule has 0 radical (unpaired) electrons. The standard InChI is InChI=1S/C12H16N2O3/c1-4-8-7-9(5-6-10(8)17-3)14(2)12(16)11(13)15/h5-7H,4H2,1-3H3,(H2,13,15). The van der Waals surface area contributed by atoms with Crippen molar-refractivity contribution in [2.24, 2.45) is 5.73 Å². The van der Waals surface area contributed by atoms with E-state index in [4.69, 9.17) is 10.5 Å². The minimum atomic E-state index is -0.971. The van der Waals surface area contributed by atoms with Crippen LogP contribution in [0.1, 0.15) is 12.5 Å². The predicted octanol–water partition coefficient (Wildman–Crippen LogP) is 0.706. The number of hydrogen-bond donors (Lipinski definition) is 1. The summed E-state index contributed by atoms with van der Waals surface area (Å²) in [7, 11) is 3.10. The Bertz CT molecular complexity index is 443. The molecule has 0 fully saturated rings. The van der Waals surface area contributed by atoms with Crippen LogP contribution in [-0.4, -0.2) is 26.0 Å². The topological polar surface area (TPSA) is 72.6 Å². The maximum absolute atomic E-state index is 11.4. The highest BCUT2D eigenvalue weighted by Crippen LogP contribution is 2.24. The molecule has 0 aliphatic rings. The number of carbonyl (C=O) groups excluding carboxylic acids is 2. The van der Waals surface area contributed by atoms with Crippen LogP contribution in [-0.2, 0) is 16.0 Å². The molecule has 0 atom stereocenters. The highest BCUT2D eigenvalue weighted by molar-refractivity contribution is 6.39. The normalized spacial score (nSPS) is 9.82. The fourth-order valence-corrected chi connectivity index (χ4v) is 1.53. The van der Waals surface area contributed by atoms with Gasteiger partial charge in [0, 0.05) is 12.7 Å². The molecule has 0 aliphatic heterocycles. The van der Waals surface area contributed by atoms with Crippen LogP contribution < -0.4 is 15.4 Å². The Hall–Kier alpha value is -2.04. The van der Waals surface area contributed by atoms with Gasteiger partial charge in [0.2, 0.25) is 0 Å². The number of anilines is 1. The third-order valence-corrected chi connectivity index (χ3v) is 2.55. The summed E-state index contributed by atoms with van der Waals surface area (Å²) in [5.41, 5.74) is 6.53. The first kappa shape index (κ1) is 13.0. The van der Waals surface area contributed by atoms with E-state index in [1.54, 1.807) is 25.3 Å². The fraction of sp³-hybridized carbons (Fsp3) is 0.333. The Balaban J connectivity index is 3.07. The minimum absolute atomic E-state index is 0.617. The van der Waals surface area contributed by atoms with E-state index in [1.807, 2.05) is 6.92 Å². The van der Waals surface area contributed by atoms with Crippen LogP contribution in [0.5, 0.6) is 5.75 Å². The van der Waals surface area contributed by atoms with Crippen LogP contribution in [0.15, 0.2) is 18.2 Å².